The number of hydrogen-bond acceptors (Lipinski definition) is 6. The maximum atomic E-state index is 13.3. The van der Waals surface area contributed by atoms with Crippen molar-refractivity contribution in [1.82, 2.24) is 9.80 Å². The predicted molar refractivity (Wildman–Crippen MR) is 123 cm³/mol. The van der Waals surface area contributed by atoms with Crippen LogP contribution >= 0.6 is 11.3 Å². The molecule has 0 unspecified atom stereocenters. The normalized spacial score (nSPS) is 16.3. The molecule has 1 aromatic heterocycles. The van der Waals surface area contributed by atoms with Gasteiger partial charge in [0.25, 0.3) is 5.91 Å². The second-order valence-electron chi connectivity index (χ2n) is 7.17. The molecular formula is C24H28N2O4S. The van der Waals surface area contributed by atoms with Gasteiger partial charge in [0.1, 0.15) is 12.4 Å². The monoisotopic (exact) mass is 440 g/mol. The second-order valence-corrected chi connectivity index (χ2v) is 8.12. The van der Waals surface area contributed by atoms with Gasteiger partial charge in [-0.15, -0.1) is 11.3 Å². The quantitative estimate of drug-likeness (QED) is 0.418. The minimum Gasteiger partial charge on any atom is -0.503 e. The summed E-state index contributed by atoms with van der Waals surface area (Å²) >= 11 is 1.29. The van der Waals surface area contributed by atoms with Crippen LogP contribution in [0.5, 0.6) is 5.75 Å². The van der Waals surface area contributed by atoms with E-state index in [4.69, 9.17) is 4.74 Å². The molecule has 0 radical (unpaired) electrons. The molecule has 1 amide bonds. The topological polar surface area (TPSA) is 70.1 Å². The highest BCUT2D eigenvalue weighted by Gasteiger charge is 2.44. The number of thiophene rings is 1. The standard InChI is InChI=1S/C24H28N2O4S/c1-4-14-30-18-10-7-9-17(16-18)21-20(22(27)19-11-8-15-31-19)23(28)24(29)26(21)13-12-25(5-2)6-3/h4,7-11,15-16,21,28H,1,5-6,12-14H2,2-3H3/t21-/m1/s1. The van der Waals surface area contributed by atoms with Gasteiger partial charge in [0.2, 0.25) is 5.78 Å². The lowest BCUT2D eigenvalue weighted by molar-refractivity contribution is -0.129. The van der Waals surface area contributed by atoms with Crippen molar-refractivity contribution < 1.29 is 19.4 Å². The SMILES string of the molecule is C=CCOc1cccc([C@@H]2C(C(=O)c3cccs3)=C(O)C(=O)N2CCN(CC)CC)c1. The Morgan fingerprint density at radius 1 is 1.29 bits per heavy atom. The number of carbonyl (C=O) groups excluding carboxylic acids is 2. The highest BCUT2D eigenvalue weighted by molar-refractivity contribution is 7.12. The van der Waals surface area contributed by atoms with E-state index in [0.717, 1.165) is 18.7 Å². The molecule has 1 aromatic carbocycles. The van der Waals surface area contributed by atoms with Gasteiger partial charge in [0.05, 0.1) is 16.5 Å². The summed E-state index contributed by atoms with van der Waals surface area (Å²) in [7, 11) is 0. The number of benzene rings is 1. The molecular weight excluding hydrogens is 412 g/mol. The summed E-state index contributed by atoms with van der Waals surface area (Å²) in [5.41, 5.74) is 0.839. The Morgan fingerprint density at radius 2 is 2.06 bits per heavy atom. The number of carbonyl (C=O) groups is 2. The number of ether oxygens (including phenoxy) is 1. The van der Waals surface area contributed by atoms with Crippen molar-refractivity contribution in [3.05, 3.63) is 76.2 Å². The molecule has 2 aromatic rings. The third-order valence-electron chi connectivity index (χ3n) is 5.39. The van der Waals surface area contributed by atoms with Gasteiger partial charge in [-0.05, 0) is 42.2 Å². The number of Topliss-reactive ketones (excluding diaryl/α,β-unsaturated/α-hetero) is 1. The first kappa shape index (κ1) is 22.8. The van der Waals surface area contributed by atoms with Crippen molar-refractivity contribution in [3.8, 4) is 5.75 Å². The first-order valence-electron chi connectivity index (χ1n) is 10.4. The van der Waals surface area contributed by atoms with Gasteiger partial charge in [0, 0.05) is 13.1 Å². The van der Waals surface area contributed by atoms with Crippen molar-refractivity contribution in [2.45, 2.75) is 19.9 Å². The lowest BCUT2D eigenvalue weighted by Crippen LogP contribution is -2.38. The van der Waals surface area contributed by atoms with Gasteiger partial charge in [0.15, 0.2) is 5.76 Å². The molecule has 164 valence electrons. The lowest BCUT2D eigenvalue weighted by Gasteiger charge is -2.29. The van der Waals surface area contributed by atoms with Gasteiger partial charge in [-0.25, -0.2) is 0 Å². The molecule has 0 bridgehead atoms. The Kier molecular flexibility index (Phi) is 7.65. The van der Waals surface area contributed by atoms with Crippen LogP contribution in [0.2, 0.25) is 0 Å². The van der Waals surface area contributed by atoms with E-state index in [1.54, 1.807) is 28.5 Å². The summed E-state index contributed by atoms with van der Waals surface area (Å²) in [6.07, 6.45) is 1.65. The van der Waals surface area contributed by atoms with Crippen LogP contribution in [0.3, 0.4) is 0 Å². The number of amides is 1. The molecule has 6 nitrogen and oxygen atoms in total. The summed E-state index contributed by atoms with van der Waals surface area (Å²) in [5, 5.41) is 12.5. The molecule has 1 aliphatic heterocycles. The zero-order valence-corrected chi connectivity index (χ0v) is 18.7. The Morgan fingerprint density at radius 3 is 2.71 bits per heavy atom. The zero-order valence-electron chi connectivity index (χ0n) is 17.9. The highest BCUT2D eigenvalue weighted by Crippen LogP contribution is 2.40. The van der Waals surface area contributed by atoms with Gasteiger partial charge < -0.3 is 19.6 Å². The smallest absolute Gasteiger partial charge is 0.290 e. The van der Waals surface area contributed by atoms with Crippen molar-refractivity contribution >= 4 is 23.0 Å². The molecule has 0 fully saturated rings. The van der Waals surface area contributed by atoms with E-state index in [9.17, 15) is 14.7 Å². The molecule has 31 heavy (non-hydrogen) atoms. The van der Waals surface area contributed by atoms with Crippen molar-refractivity contribution in [2.75, 3.05) is 32.8 Å². The van der Waals surface area contributed by atoms with Crippen LogP contribution in [0.25, 0.3) is 0 Å². The molecule has 0 saturated carbocycles. The van der Waals surface area contributed by atoms with E-state index in [1.165, 1.54) is 11.3 Å². The number of hydrogen-bond donors (Lipinski definition) is 1. The van der Waals surface area contributed by atoms with E-state index < -0.39 is 17.7 Å². The molecule has 0 aliphatic carbocycles. The van der Waals surface area contributed by atoms with Crippen LogP contribution < -0.4 is 4.74 Å². The summed E-state index contributed by atoms with van der Waals surface area (Å²) in [5.74, 6) is -0.703. The Hall–Kier alpha value is -2.90. The molecule has 2 heterocycles. The molecule has 1 N–H and O–H groups in total. The Balaban J connectivity index is 2.01. The fourth-order valence-corrected chi connectivity index (χ4v) is 4.40. The fraction of sp³-hybridized carbons (Fsp3) is 0.333. The maximum Gasteiger partial charge on any atom is 0.290 e. The average Bonchev–Trinajstić information content (AvgIpc) is 3.41. The third kappa shape index (κ3) is 4.89. The van der Waals surface area contributed by atoms with Gasteiger partial charge in [-0.1, -0.05) is 44.7 Å². The van der Waals surface area contributed by atoms with Crippen LogP contribution in [-0.2, 0) is 4.79 Å². The van der Waals surface area contributed by atoms with Crippen LogP contribution in [0.4, 0.5) is 0 Å². The summed E-state index contributed by atoms with van der Waals surface area (Å²) in [6, 6.07) is 10.1. The number of rotatable bonds is 11. The first-order valence-corrected chi connectivity index (χ1v) is 11.3. The third-order valence-corrected chi connectivity index (χ3v) is 6.26. The summed E-state index contributed by atoms with van der Waals surface area (Å²) in [4.78, 5) is 30.6. The molecule has 3 rings (SSSR count). The molecule has 0 saturated heterocycles. The largest absolute Gasteiger partial charge is 0.503 e. The number of aliphatic hydroxyl groups is 1. The van der Waals surface area contributed by atoms with E-state index in [0.29, 0.717) is 30.3 Å². The Labute approximate surface area is 187 Å². The second kappa shape index (κ2) is 10.4. The summed E-state index contributed by atoms with van der Waals surface area (Å²) in [6.45, 7) is 10.9. The van der Waals surface area contributed by atoms with Crippen LogP contribution in [0.1, 0.15) is 35.1 Å². The predicted octanol–water partition coefficient (Wildman–Crippen LogP) is 4.23. The van der Waals surface area contributed by atoms with Crippen LogP contribution in [0.15, 0.2) is 65.8 Å². The van der Waals surface area contributed by atoms with Gasteiger partial charge in [-0.2, -0.15) is 0 Å². The maximum absolute atomic E-state index is 13.3. The zero-order chi connectivity index (χ0) is 22.4. The first-order chi connectivity index (χ1) is 15.0. The molecule has 7 heteroatoms. The van der Waals surface area contributed by atoms with E-state index in [-0.39, 0.29) is 11.4 Å². The number of aliphatic hydroxyl groups excluding tert-OH is 1. The van der Waals surface area contributed by atoms with Crippen molar-refractivity contribution in [3.63, 3.8) is 0 Å². The molecule has 1 atom stereocenters. The van der Waals surface area contributed by atoms with Crippen molar-refractivity contribution in [1.29, 1.82) is 0 Å². The van der Waals surface area contributed by atoms with E-state index >= 15 is 0 Å². The fourth-order valence-electron chi connectivity index (χ4n) is 3.72. The van der Waals surface area contributed by atoms with Crippen molar-refractivity contribution in [2.24, 2.45) is 0 Å². The van der Waals surface area contributed by atoms with Crippen LogP contribution in [0, 0.1) is 0 Å². The van der Waals surface area contributed by atoms with E-state index in [1.807, 2.05) is 24.3 Å². The molecule has 1 aliphatic rings. The lowest BCUT2D eigenvalue weighted by atomic mass is 9.95. The van der Waals surface area contributed by atoms with Gasteiger partial charge >= 0.3 is 0 Å². The molecule has 0 spiro atoms. The summed E-state index contributed by atoms with van der Waals surface area (Å²) < 4.78 is 5.65. The van der Waals surface area contributed by atoms with Gasteiger partial charge in [-0.3, -0.25) is 9.59 Å². The average molecular weight is 441 g/mol. The van der Waals surface area contributed by atoms with Crippen LogP contribution in [-0.4, -0.2) is 59.4 Å². The number of nitrogens with zero attached hydrogens (tertiary/aromatic N) is 2. The minimum atomic E-state index is -0.676. The van der Waals surface area contributed by atoms with E-state index in [2.05, 4.69) is 25.3 Å². The number of ketones is 1. The highest BCUT2D eigenvalue weighted by atomic mass is 32.1. The number of likely N-dealkylation sites (N-methyl/N-ethyl adjacent to an activating group) is 1. The Bertz CT molecular complexity index is 964. The minimum absolute atomic E-state index is 0.118.